The maximum Gasteiger partial charge on any atom is 0.334 e. The monoisotopic (exact) mass is 256 g/mol. The quantitative estimate of drug-likeness (QED) is 0.677. The minimum atomic E-state index is -1.60. The summed E-state index contributed by atoms with van der Waals surface area (Å²) in [7, 11) is 0. The van der Waals surface area contributed by atoms with Gasteiger partial charge >= 0.3 is 12.0 Å². The number of aliphatic carboxylic acids is 1. The lowest BCUT2D eigenvalue weighted by Gasteiger charge is -2.20. The second-order valence-electron chi connectivity index (χ2n) is 3.63. The summed E-state index contributed by atoms with van der Waals surface area (Å²) in [6.45, 7) is 2.19. The van der Waals surface area contributed by atoms with E-state index in [-0.39, 0.29) is 6.54 Å². The fraction of sp³-hybridized carbons (Fsp3) is 0.455. The maximum atomic E-state index is 11.7. The van der Waals surface area contributed by atoms with Crippen molar-refractivity contribution in [3.05, 3.63) is 24.2 Å². The zero-order chi connectivity index (χ0) is 13.5. The van der Waals surface area contributed by atoms with Crippen LogP contribution in [0, 0.1) is 0 Å². The number of aliphatic hydroxyl groups excluding tert-OH is 1. The number of aliphatic hydroxyl groups is 1. The van der Waals surface area contributed by atoms with Crippen LogP contribution < -0.4 is 5.32 Å². The second-order valence-corrected chi connectivity index (χ2v) is 3.63. The summed E-state index contributed by atoms with van der Waals surface area (Å²) in [6, 6.07) is 3.01. The largest absolute Gasteiger partial charge is 0.479 e. The van der Waals surface area contributed by atoms with Crippen molar-refractivity contribution < 1.29 is 24.2 Å². The molecule has 0 radical (unpaired) electrons. The van der Waals surface area contributed by atoms with Gasteiger partial charge in [0.25, 0.3) is 0 Å². The molecule has 0 aliphatic rings. The Kier molecular flexibility index (Phi) is 5.19. The number of urea groups is 1. The molecule has 1 aromatic heterocycles. The zero-order valence-electron chi connectivity index (χ0n) is 10.00. The van der Waals surface area contributed by atoms with Gasteiger partial charge in [-0.25, -0.2) is 9.59 Å². The first-order valence-corrected chi connectivity index (χ1v) is 5.50. The van der Waals surface area contributed by atoms with Crippen molar-refractivity contribution in [3.8, 4) is 0 Å². The van der Waals surface area contributed by atoms with Gasteiger partial charge in [-0.15, -0.1) is 0 Å². The van der Waals surface area contributed by atoms with Gasteiger partial charge in [-0.2, -0.15) is 0 Å². The normalized spacial score (nSPS) is 11.9. The van der Waals surface area contributed by atoms with Gasteiger partial charge in [-0.1, -0.05) is 0 Å². The highest BCUT2D eigenvalue weighted by molar-refractivity contribution is 5.76. The second kappa shape index (κ2) is 6.65. The molecule has 0 aromatic carbocycles. The maximum absolute atomic E-state index is 11.7. The molecule has 1 aromatic rings. The summed E-state index contributed by atoms with van der Waals surface area (Å²) >= 11 is 0. The first-order chi connectivity index (χ1) is 8.54. The standard InChI is InChI=1S/C11H16N2O5/c1-2-13(7-8-4-3-5-18-8)11(17)12-6-9(14)10(15)16/h3-5,9,14H,2,6-7H2,1H3,(H,12,17)(H,15,16). The highest BCUT2D eigenvalue weighted by atomic mass is 16.4. The molecule has 100 valence electrons. The Morgan fingerprint density at radius 1 is 1.56 bits per heavy atom. The van der Waals surface area contributed by atoms with E-state index in [1.54, 1.807) is 19.1 Å². The van der Waals surface area contributed by atoms with Crippen LogP contribution in [-0.4, -0.2) is 46.3 Å². The molecule has 0 aliphatic heterocycles. The summed E-state index contributed by atoms with van der Waals surface area (Å²) in [5.41, 5.74) is 0. The Morgan fingerprint density at radius 2 is 2.28 bits per heavy atom. The molecule has 0 fully saturated rings. The fourth-order valence-corrected chi connectivity index (χ4v) is 1.30. The molecular weight excluding hydrogens is 240 g/mol. The highest BCUT2D eigenvalue weighted by Gasteiger charge is 2.17. The molecule has 7 heteroatoms. The minimum Gasteiger partial charge on any atom is -0.479 e. The first kappa shape index (κ1) is 14.0. The van der Waals surface area contributed by atoms with Gasteiger partial charge in [0.2, 0.25) is 0 Å². The number of hydrogen-bond acceptors (Lipinski definition) is 4. The van der Waals surface area contributed by atoms with E-state index in [2.05, 4.69) is 5.32 Å². The first-order valence-electron chi connectivity index (χ1n) is 5.50. The van der Waals surface area contributed by atoms with E-state index >= 15 is 0 Å². The van der Waals surface area contributed by atoms with Crippen LogP contribution >= 0.6 is 0 Å². The summed E-state index contributed by atoms with van der Waals surface area (Å²) in [6.07, 6.45) is -0.0915. The van der Waals surface area contributed by atoms with E-state index in [0.29, 0.717) is 18.8 Å². The topological polar surface area (TPSA) is 103 Å². The number of carbonyl (C=O) groups excluding carboxylic acids is 1. The van der Waals surface area contributed by atoms with Crippen LogP contribution in [0.5, 0.6) is 0 Å². The Labute approximate surface area is 104 Å². The van der Waals surface area contributed by atoms with Gasteiger partial charge in [0, 0.05) is 6.54 Å². The van der Waals surface area contributed by atoms with Gasteiger partial charge in [-0.3, -0.25) is 0 Å². The molecule has 0 saturated heterocycles. The van der Waals surface area contributed by atoms with Crippen LogP contribution in [0.3, 0.4) is 0 Å². The molecule has 2 amide bonds. The van der Waals surface area contributed by atoms with Crippen LogP contribution in [0.25, 0.3) is 0 Å². The Morgan fingerprint density at radius 3 is 2.78 bits per heavy atom. The molecule has 18 heavy (non-hydrogen) atoms. The Hall–Kier alpha value is -2.02. The molecule has 0 spiro atoms. The lowest BCUT2D eigenvalue weighted by molar-refractivity contribution is -0.146. The van der Waals surface area contributed by atoms with Gasteiger partial charge in [0.1, 0.15) is 5.76 Å². The third-order valence-electron chi connectivity index (χ3n) is 2.33. The molecule has 3 N–H and O–H groups in total. The number of hydrogen-bond donors (Lipinski definition) is 3. The van der Waals surface area contributed by atoms with Crippen LogP contribution in [0.4, 0.5) is 4.79 Å². The van der Waals surface area contributed by atoms with Gasteiger partial charge in [0.15, 0.2) is 6.10 Å². The van der Waals surface area contributed by atoms with E-state index in [1.807, 2.05) is 0 Å². The SMILES string of the molecule is CCN(Cc1ccco1)C(=O)NCC(O)C(=O)O. The minimum absolute atomic E-state index is 0.290. The van der Waals surface area contributed by atoms with Gasteiger partial charge in [0.05, 0.1) is 19.4 Å². The van der Waals surface area contributed by atoms with Crippen molar-refractivity contribution >= 4 is 12.0 Å². The number of rotatable bonds is 6. The lowest BCUT2D eigenvalue weighted by Crippen LogP contribution is -2.44. The number of carboxylic acid groups (broad SMARTS) is 1. The molecular formula is C11H16N2O5. The molecule has 1 heterocycles. The number of nitrogens with zero attached hydrogens (tertiary/aromatic N) is 1. The molecule has 0 saturated carbocycles. The summed E-state index contributed by atoms with van der Waals surface area (Å²) in [5, 5.41) is 19.8. The third-order valence-corrected chi connectivity index (χ3v) is 2.33. The molecule has 0 bridgehead atoms. The third kappa shape index (κ3) is 4.10. The van der Waals surface area contributed by atoms with E-state index in [4.69, 9.17) is 14.6 Å². The van der Waals surface area contributed by atoms with E-state index in [9.17, 15) is 9.59 Å². The molecule has 7 nitrogen and oxygen atoms in total. The van der Waals surface area contributed by atoms with Crippen molar-refractivity contribution in [2.75, 3.05) is 13.1 Å². The Balaban J connectivity index is 2.45. The van der Waals surface area contributed by atoms with Gasteiger partial charge < -0.3 is 24.8 Å². The number of amides is 2. The summed E-state index contributed by atoms with van der Waals surface area (Å²) in [4.78, 5) is 23.5. The molecule has 1 rings (SSSR count). The summed E-state index contributed by atoms with van der Waals surface area (Å²) in [5.74, 6) is -0.741. The predicted octanol–water partition coefficient (Wildman–Crippen LogP) is 0.257. The smallest absolute Gasteiger partial charge is 0.334 e. The molecule has 1 atom stereocenters. The zero-order valence-corrected chi connectivity index (χ0v) is 10.00. The van der Waals surface area contributed by atoms with E-state index in [1.165, 1.54) is 11.2 Å². The van der Waals surface area contributed by atoms with Crippen LogP contribution in [0.1, 0.15) is 12.7 Å². The van der Waals surface area contributed by atoms with Crippen molar-refractivity contribution in [2.45, 2.75) is 19.6 Å². The highest BCUT2D eigenvalue weighted by Crippen LogP contribution is 2.05. The lowest BCUT2D eigenvalue weighted by atomic mass is 10.3. The van der Waals surface area contributed by atoms with Crippen LogP contribution in [-0.2, 0) is 11.3 Å². The number of carboxylic acids is 1. The van der Waals surface area contributed by atoms with Gasteiger partial charge in [-0.05, 0) is 19.1 Å². The molecule has 1 unspecified atom stereocenters. The predicted molar refractivity (Wildman–Crippen MR) is 61.8 cm³/mol. The average Bonchev–Trinajstić information content (AvgIpc) is 2.85. The van der Waals surface area contributed by atoms with Crippen LogP contribution in [0.15, 0.2) is 22.8 Å². The average molecular weight is 256 g/mol. The van der Waals surface area contributed by atoms with E-state index < -0.39 is 18.1 Å². The fourth-order valence-electron chi connectivity index (χ4n) is 1.30. The van der Waals surface area contributed by atoms with Crippen molar-refractivity contribution in [1.82, 2.24) is 10.2 Å². The summed E-state index contributed by atoms with van der Waals surface area (Å²) < 4.78 is 5.11. The Bertz CT molecular complexity index is 390. The molecule has 0 aliphatic carbocycles. The van der Waals surface area contributed by atoms with Crippen LogP contribution in [0.2, 0.25) is 0 Å². The number of nitrogens with one attached hydrogen (secondary N) is 1. The van der Waals surface area contributed by atoms with E-state index in [0.717, 1.165) is 0 Å². The number of furan rings is 1. The van der Waals surface area contributed by atoms with Crippen molar-refractivity contribution in [1.29, 1.82) is 0 Å². The van der Waals surface area contributed by atoms with Crippen molar-refractivity contribution in [3.63, 3.8) is 0 Å². The number of carbonyl (C=O) groups is 2. The van der Waals surface area contributed by atoms with Crippen molar-refractivity contribution in [2.24, 2.45) is 0 Å².